The highest BCUT2D eigenvalue weighted by Gasteiger charge is 2.30. The van der Waals surface area contributed by atoms with E-state index in [1.807, 2.05) is 67.8 Å². The van der Waals surface area contributed by atoms with Crippen molar-refractivity contribution in [3.05, 3.63) is 65.5 Å². The summed E-state index contributed by atoms with van der Waals surface area (Å²) in [5.74, 6) is 2.65. The Kier molecular flexibility index (Phi) is 8.44. The Hall–Kier alpha value is -4.17. The first-order valence-electron chi connectivity index (χ1n) is 15.2. The smallest absolute Gasteiger partial charge is 0.320 e. The number of carbonyl (C=O) groups is 1. The van der Waals surface area contributed by atoms with Crippen molar-refractivity contribution in [2.45, 2.75) is 64.0 Å². The lowest BCUT2D eigenvalue weighted by atomic mass is 9.85. The van der Waals surface area contributed by atoms with Crippen LogP contribution in [0, 0.1) is 5.92 Å². The molecule has 0 radical (unpaired) electrons. The van der Waals surface area contributed by atoms with Gasteiger partial charge in [0.1, 0.15) is 17.6 Å². The van der Waals surface area contributed by atoms with Crippen LogP contribution in [0.5, 0.6) is 5.75 Å². The SMILES string of the molecule is CC(C)(C)c1cc(NC(=O)N[C@H]2CC[C@@H](Oc3ccc4nnc(N5CCC(COS(C)(=O)=O)CC5)n4c3)c3ccccc32)no1. The number of nitrogens with one attached hydrogen (secondary N) is 2. The maximum absolute atomic E-state index is 12.9. The van der Waals surface area contributed by atoms with Gasteiger partial charge in [0.25, 0.3) is 10.1 Å². The number of urea groups is 1. The minimum atomic E-state index is -3.45. The van der Waals surface area contributed by atoms with Crippen LogP contribution in [-0.4, -0.2) is 60.2 Å². The van der Waals surface area contributed by atoms with Crippen molar-refractivity contribution in [3.8, 4) is 5.75 Å². The lowest BCUT2D eigenvalue weighted by molar-refractivity contribution is 0.171. The molecule has 6 rings (SSSR count). The molecule has 2 amide bonds. The number of rotatable bonds is 8. The topological polar surface area (TPSA) is 153 Å². The van der Waals surface area contributed by atoms with E-state index in [9.17, 15) is 13.2 Å². The average Bonchev–Trinajstić information content (AvgIpc) is 3.65. The molecule has 1 saturated heterocycles. The summed E-state index contributed by atoms with van der Waals surface area (Å²) in [5, 5.41) is 18.6. The second kappa shape index (κ2) is 12.3. The summed E-state index contributed by atoms with van der Waals surface area (Å²) in [6.45, 7) is 7.70. The van der Waals surface area contributed by atoms with E-state index in [1.54, 1.807) is 6.07 Å². The summed E-state index contributed by atoms with van der Waals surface area (Å²) < 4.78 is 41.6. The van der Waals surface area contributed by atoms with Gasteiger partial charge in [0, 0.05) is 24.6 Å². The van der Waals surface area contributed by atoms with E-state index in [1.165, 1.54) is 0 Å². The molecule has 1 aliphatic heterocycles. The average molecular weight is 638 g/mol. The number of piperidine rings is 1. The van der Waals surface area contributed by atoms with Gasteiger partial charge in [-0.2, -0.15) is 8.42 Å². The van der Waals surface area contributed by atoms with Crippen LogP contribution in [0.3, 0.4) is 0 Å². The van der Waals surface area contributed by atoms with E-state index in [2.05, 4.69) is 30.9 Å². The number of benzene rings is 1. The third kappa shape index (κ3) is 7.22. The number of fused-ring (bicyclic) bond motifs is 2. The monoisotopic (exact) mass is 637 g/mol. The van der Waals surface area contributed by atoms with E-state index >= 15 is 0 Å². The number of carbonyl (C=O) groups excluding carboxylic acids is 1. The lowest BCUT2D eigenvalue weighted by Gasteiger charge is -2.32. The van der Waals surface area contributed by atoms with Gasteiger partial charge in [-0.05, 0) is 54.9 Å². The van der Waals surface area contributed by atoms with Gasteiger partial charge in [0.2, 0.25) is 5.95 Å². The molecule has 4 aromatic rings. The molecule has 4 heterocycles. The normalized spacial score (nSPS) is 19.3. The second-order valence-corrected chi connectivity index (χ2v) is 14.4. The molecule has 0 unspecified atom stereocenters. The van der Waals surface area contributed by atoms with Crippen LogP contribution < -0.4 is 20.3 Å². The lowest BCUT2D eigenvalue weighted by Crippen LogP contribution is -2.36. The molecule has 14 heteroatoms. The molecule has 2 aliphatic rings. The number of hydrogen-bond donors (Lipinski definition) is 2. The number of anilines is 2. The highest BCUT2D eigenvalue weighted by molar-refractivity contribution is 7.85. The van der Waals surface area contributed by atoms with E-state index in [0.29, 0.717) is 35.8 Å². The Morgan fingerprint density at radius 3 is 2.51 bits per heavy atom. The minimum Gasteiger partial charge on any atom is -0.484 e. The van der Waals surface area contributed by atoms with Gasteiger partial charge in [-0.15, -0.1) is 10.2 Å². The van der Waals surface area contributed by atoms with Crippen molar-refractivity contribution in [2.75, 3.05) is 36.2 Å². The molecule has 1 aromatic carbocycles. The molecule has 0 saturated carbocycles. The van der Waals surface area contributed by atoms with Crippen LogP contribution in [0.25, 0.3) is 5.65 Å². The quantitative estimate of drug-likeness (QED) is 0.253. The fourth-order valence-electron chi connectivity index (χ4n) is 5.85. The van der Waals surface area contributed by atoms with Crippen LogP contribution in [0.15, 0.2) is 53.2 Å². The van der Waals surface area contributed by atoms with Crippen LogP contribution in [0.1, 0.15) is 75.5 Å². The summed E-state index contributed by atoms with van der Waals surface area (Å²) in [6, 6.07) is 13.0. The molecular formula is C31H39N7O6S. The maximum Gasteiger partial charge on any atom is 0.320 e. The third-order valence-electron chi connectivity index (χ3n) is 8.28. The summed E-state index contributed by atoms with van der Waals surface area (Å²) >= 11 is 0. The number of hydrogen-bond acceptors (Lipinski definition) is 10. The largest absolute Gasteiger partial charge is 0.484 e. The van der Waals surface area contributed by atoms with Crippen LogP contribution in [0.2, 0.25) is 0 Å². The van der Waals surface area contributed by atoms with Gasteiger partial charge in [-0.3, -0.25) is 13.9 Å². The van der Waals surface area contributed by atoms with Crippen LogP contribution >= 0.6 is 0 Å². The van der Waals surface area contributed by atoms with Gasteiger partial charge >= 0.3 is 6.03 Å². The zero-order chi connectivity index (χ0) is 31.8. The van der Waals surface area contributed by atoms with Gasteiger partial charge in [0.05, 0.1) is 25.1 Å². The third-order valence-corrected chi connectivity index (χ3v) is 8.85. The van der Waals surface area contributed by atoms with Gasteiger partial charge < -0.3 is 19.5 Å². The van der Waals surface area contributed by atoms with Crippen molar-refractivity contribution in [1.82, 2.24) is 25.1 Å². The van der Waals surface area contributed by atoms with Crippen molar-refractivity contribution >= 4 is 33.6 Å². The summed E-state index contributed by atoms with van der Waals surface area (Å²) in [5.41, 5.74) is 2.53. The first-order valence-corrected chi connectivity index (χ1v) is 17.0. The number of ether oxygens (including phenoxy) is 1. The van der Waals surface area contributed by atoms with Crippen molar-refractivity contribution < 1.29 is 26.7 Å². The number of pyridine rings is 1. The number of nitrogens with zero attached hydrogens (tertiary/aromatic N) is 5. The van der Waals surface area contributed by atoms with Crippen LogP contribution in [-0.2, 0) is 19.7 Å². The molecule has 45 heavy (non-hydrogen) atoms. The number of amides is 2. The van der Waals surface area contributed by atoms with Crippen molar-refractivity contribution in [1.29, 1.82) is 0 Å². The molecule has 3 aromatic heterocycles. The molecule has 0 spiro atoms. The highest BCUT2D eigenvalue weighted by atomic mass is 32.2. The van der Waals surface area contributed by atoms with E-state index in [4.69, 9.17) is 13.4 Å². The Morgan fingerprint density at radius 2 is 1.80 bits per heavy atom. The maximum atomic E-state index is 12.9. The van der Waals surface area contributed by atoms with E-state index in [-0.39, 0.29) is 36.1 Å². The molecule has 2 N–H and O–H groups in total. The van der Waals surface area contributed by atoms with E-state index in [0.717, 1.165) is 49.3 Å². The zero-order valence-corrected chi connectivity index (χ0v) is 26.7. The highest BCUT2D eigenvalue weighted by Crippen LogP contribution is 2.39. The Balaban J connectivity index is 1.11. The Labute approximate surface area is 262 Å². The van der Waals surface area contributed by atoms with Gasteiger partial charge in [0.15, 0.2) is 11.5 Å². The summed E-state index contributed by atoms with van der Waals surface area (Å²) in [7, 11) is -3.45. The molecule has 1 fully saturated rings. The van der Waals surface area contributed by atoms with Gasteiger partial charge in [-0.25, -0.2) is 4.79 Å². The molecule has 1 aliphatic carbocycles. The van der Waals surface area contributed by atoms with Crippen molar-refractivity contribution in [2.24, 2.45) is 5.92 Å². The van der Waals surface area contributed by atoms with Crippen molar-refractivity contribution in [3.63, 3.8) is 0 Å². The first kappa shape index (κ1) is 30.8. The fraction of sp³-hybridized carbons (Fsp3) is 0.484. The zero-order valence-electron chi connectivity index (χ0n) is 25.9. The molecule has 13 nitrogen and oxygen atoms in total. The standard InChI is InChI=1S/C31H39N7O6S/c1-31(2,3)26-17-27(36-44-26)33-29(39)32-24-10-11-25(23-8-6-5-7-22(23)24)43-21-9-12-28-34-35-30(38(28)18-21)37-15-13-20(14-16-37)19-42-45(4,40)41/h5-9,12,17-18,20,24-25H,10-11,13-16,19H2,1-4H3,(H2,32,33,36,39)/t24-,25+/m0/s1. The Bertz CT molecular complexity index is 1770. The Morgan fingerprint density at radius 1 is 1.04 bits per heavy atom. The predicted octanol–water partition coefficient (Wildman–Crippen LogP) is 4.98. The summed E-state index contributed by atoms with van der Waals surface area (Å²) in [4.78, 5) is 15.0. The van der Waals surface area contributed by atoms with Crippen LogP contribution in [0.4, 0.5) is 16.6 Å². The first-order chi connectivity index (χ1) is 21.4. The molecular weight excluding hydrogens is 598 g/mol. The molecule has 240 valence electrons. The van der Waals surface area contributed by atoms with E-state index < -0.39 is 10.1 Å². The van der Waals surface area contributed by atoms with Gasteiger partial charge in [-0.1, -0.05) is 50.2 Å². The summed E-state index contributed by atoms with van der Waals surface area (Å²) in [6.07, 6.45) is 5.78. The predicted molar refractivity (Wildman–Crippen MR) is 168 cm³/mol. The molecule has 2 atom stereocenters. The number of aromatic nitrogens is 4. The molecule has 0 bridgehead atoms. The minimum absolute atomic E-state index is 0.174. The fourth-order valence-corrected chi connectivity index (χ4v) is 6.29. The second-order valence-electron chi connectivity index (χ2n) is 12.8.